The summed E-state index contributed by atoms with van der Waals surface area (Å²) in [5.41, 5.74) is 0. The molecule has 0 rings (SSSR count). The Hall–Kier alpha value is -0.0431. The van der Waals surface area contributed by atoms with E-state index in [0.717, 1.165) is 0 Å². The lowest BCUT2D eigenvalue weighted by Gasteiger charge is -2.29. The number of unbranched alkanes of at least 4 members (excludes halogenated alkanes) is 1. The maximum atomic E-state index is 2.50. The maximum absolute atomic E-state index is 2.50. The van der Waals surface area contributed by atoms with Gasteiger partial charge in [0, 0.05) is 0 Å². The molecule has 0 bridgehead atoms. The third-order valence-electron chi connectivity index (χ3n) is 3.61. The largest absolute Gasteiger partial charge is 0.0894 e. The first-order valence-electron chi connectivity index (χ1n) is 5.84. The SMILES string of the molecule is CCC/C=C(\C)[Si](CC)(CC)CC. The van der Waals surface area contributed by atoms with Gasteiger partial charge in [0.05, 0.1) is 8.07 Å². The van der Waals surface area contributed by atoms with E-state index in [4.69, 9.17) is 0 Å². The molecule has 0 aromatic rings. The molecule has 0 atom stereocenters. The van der Waals surface area contributed by atoms with Gasteiger partial charge in [0.15, 0.2) is 0 Å². The zero-order valence-corrected chi connectivity index (χ0v) is 11.1. The molecule has 0 saturated carbocycles. The summed E-state index contributed by atoms with van der Waals surface area (Å²) in [6.07, 6.45) is 5.07. The van der Waals surface area contributed by atoms with Crippen molar-refractivity contribution in [1.82, 2.24) is 0 Å². The second-order valence-corrected chi connectivity index (χ2v) is 9.49. The van der Waals surface area contributed by atoms with Gasteiger partial charge >= 0.3 is 0 Å². The lowest BCUT2D eigenvalue weighted by atomic mass is 10.3. The Kier molecular flexibility index (Phi) is 6.40. The van der Waals surface area contributed by atoms with Crippen LogP contribution in [0.2, 0.25) is 18.1 Å². The van der Waals surface area contributed by atoms with Gasteiger partial charge in [-0.1, -0.05) is 63.5 Å². The van der Waals surface area contributed by atoms with Crippen molar-refractivity contribution >= 4 is 8.07 Å². The molecule has 0 aliphatic carbocycles. The van der Waals surface area contributed by atoms with E-state index in [2.05, 4.69) is 40.7 Å². The Morgan fingerprint density at radius 3 is 1.77 bits per heavy atom. The minimum atomic E-state index is -0.997. The number of hydrogen-bond donors (Lipinski definition) is 0. The van der Waals surface area contributed by atoms with Crippen molar-refractivity contribution in [1.29, 1.82) is 0 Å². The molecular weight excluding hydrogens is 172 g/mol. The van der Waals surface area contributed by atoms with E-state index >= 15 is 0 Å². The summed E-state index contributed by atoms with van der Waals surface area (Å²) < 4.78 is 0. The zero-order chi connectivity index (χ0) is 10.3. The molecule has 0 radical (unpaired) electrons. The van der Waals surface area contributed by atoms with E-state index in [1.54, 1.807) is 5.20 Å². The van der Waals surface area contributed by atoms with Crippen molar-refractivity contribution < 1.29 is 0 Å². The van der Waals surface area contributed by atoms with Crippen LogP contribution in [-0.4, -0.2) is 8.07 Å². The lowest BCUT2D eigenvalue weighted by Crippen LogP contribution is -2.33. The molecule has 0 saturated heterocycles. The predicted molar refractivity (Wildman–Crippen MR) is 65.9 cm³/mol. The standard InChI is InChI=1S/C12H26Si/c1-6-10-11-12(5)13(7-2,8-3)9-4/h11H,6-10H2,1-5H3/b12-11+. The number of rotatable bonds is 6. The summed E-state index contributed by atoms with van der Waals surface area (Å²) in [5.74, 6) is 0. The lowest BCUT2D eigenvalue weighted by molar-refractivity contribution is 0.951. The van der Waals surface area contributed by atoms with E-state index in [9.17, 15) is 0 Å². The average Bonchev–Trinajstić information content (AvgIpc) is 2.18. The highest BCUT2D eigenvalue weighted by Crippen LogP contribution is 2.28. The van der Waals surface area contributed by atoms with Gasteiger partial charge in [-0.2, -0.15) is 0 Å². The van der Waals surface area contributed by atoms with E-state index in [1.165, 1.54) is 31.0 Å². The van der Waals surface area contributed by atoms with Crippen LogP contribution in [0.4, 0.5) is 0 Å². The fourth-order valence-corrected chi connectivity index (χ4v) is 5.91. The first kappa shape index (κ1) is 13.0. The van der Waals surface area contributed by atoms with Gasteiger partial charge in [-0.25, -0.2) is 0 Å². The molecule has 13 heavy (non-hydrogen) atoms. The van der Waals surface area contributed by atoms with Gasteiger partial charge in [-0.15, -0.1) is 0 Å². The molecular formula is C12H26Si. The van der Waals surface area contributed by atoms with Crippen molar-refractivity contribution in [2.45, 2.75) is 65.6 Å². The minimum Gasteiger partial charge on any atom is -0.0894 e. The van der Waals surface area contributed by atoms with Crippen LogP contribution in [0.15, 0.2) is 11.3 Å². The Morgan fingerprint density at radius 2 is 1.46 bits per heavy atom. The molecule has 0 amide bonds. The van der Waals surface area contributed by atoms with Crippen molar-refractivity contribution in [3.63, 3.8) is 0 Å². The summed E-state index contributed by atoms with van der Waals surface area (Å²) in [7, 11) is -0.997. The van der Waals surface area contributed by atoms with Crippen LogP contribution < -0.4 is 0 Å². The van der Waals surface area contributed by atoms with Crippen LogP contribution in [0.1, 0.15) is 47.5 Å². The summed E-state index contributed by atoms with van der Waals surface area (Å²) in [6.45, 7) is 11.8. The van der Waals surface area contributed by atoms with E-state index < -0.39 is 8.07 Å². The van der Waals surface area contributed by atoms with Crippen LogP contribution in [0.25, 0.3) is 0 Å². The molecule has 1 heteroatoms. The molecule has 0 heterocycles. The number of hydrogen-bond acceptors (Lipinski definition) is 0. The summed E-state index contributed by atoms with van der Waals surface area (Å²) in [6, 6.07) is 4.27. The van der Waals surface area contributed by atoms with Crippen LogP contribution in [0.3, 0.4) is 0 Å². The quantitative estimate of drug-likeness (QED) is 0.539. The van der Waals surface area contributed by atoms with Gasteiger partial charge in [0.1, 0.15) is 0 Å². The highest BCUT2D eigenvalue weighted by molar-refractivity contribution is 6.86. The predicted octanol–water partition coefficient (Wildman–Crippen LogP) is 4.78. The molecule has 0 unspecified atom stereocenters. The van der Waals surface area contributed by atoms with Gasteiger partial charge in [0.2, 0.25) is 0 Å². The maximum Gasteiger partial charge on any atom is 0.0799 e. The average molecular weight is 198 g/mol. The Balaban J connectivity index is 4.52. The second kappa shape index (κ2) is 6.42. The normalized spacial score (nSPS) is 13.5. The highest BCUT2D eigenvalue weighted by atomic mass is 28.3. The third-order valence-corrected chi connectivity index (χ3v) is 9.54. The highest BCUT2D eigenvalue weighted by Gasteiger charge is 2.27. The Morgan fingerprint density at radius 1 is 1.00 bits per heavy atom. The molecule has 0 aliphatic heterocycles. The molecule has 0 nitrogen and oxygen atoms in total. The third kappa shape index (κ3) is 3.30. The van der Waals surface area contributed by atoms with Crippen LogP contribution >= 0.6 is 0 Å². The van der Waals surface area contributed by atoms with Crippen molar-refractivity contribution in [3.05, 3.63) is 11.3 Å². The second-order valence-electron chi connectivity index (χ2n) is 4.02. The molecule has 0 spiro atoms. The van der Waals surface area contributed by atoms with Gasteiger partial charge in [-0.05, 0) is 13.3 Å². The van der Waals surface area contributed by atoms with Crippen LogP contribution in [0, 0.1) is 0 Å². The Labute approximate surface area is 85.4 Å². The molecule has 0 aromatic heterocycles. The van der Waals surface area contributed by atoms with E-state index in [-0.39, 0.29) is 0 Å². The topological polar surface area (TPSA) is 0 Å². The van der Waals surface area contributed by atoms with E-state index in [0.29, 0.717) is 0 Å². The molecule has 0 fully saturated rings. The van der Waals surface area contributed by atoms with Gasteiger partial charge < -0.3 is 0 Å². The molecule has 0 N–H and O–H groups in total. The van der Waals surface area contributed by atoms with E-state index in [1.807, 2.05) is 0 Å². The summed E-state index contributed by atoms with van der Waals surface area (Å²) in [4.78, 5) is 0. The van der Waals surface area contributed by atoms with Gasteiger partial charge in [0.25, 0.3) is 0 Å². The smallest absolute Gasteiger partial charge is 0.0799 e. The molecule has 0 aromatic carbocycles. The van der Waals surface area contributed by atoms with Crippen molar-refractivity contribution in [2.75, 3.05) is 0 Å². The Bertz CT molecular complexity index is 146. The first-order valence-corrected chi connectivity index (χ1v) is 8.46. The van der Waals surface area contributed by atoms with Crippen LogP contribution in [-0.2, 0) is 0 Å². The minimum absolute atomic E-state index is 0.997. The fraction of sp³-hybridized carbons (Fsp3) is 0.833. The monoisotopic (exact) mass is 198 g/mol. The summed E-state index contributed by atoms with van der Waals surface area (Å²) >= 11 is 0. The fourth-order valence-electron chi connectivity index (χ4n) is 2.16. The number of allylic oxidation sites excluding steroid dienone is 2. The summed E-state index contributed by atoms with van der Waals surface area (Å²) in [5, 5.41) is 1.75. The van der Waals surface area contributed by atoms with Crippen molar-refractivity contribution in [3.8, 4) is 0 Å². The molecule has 78 valence electrons. The zero-order valence-electron chi connectivity index (χ0n) is 10.1. The van der Waals surface area contributed by atoms with Crippen LogP contribution in [0.5, 0.6) is 0 Å². The van der Waals surface area contributed by atoms with Crippen molar-refractivity contribution in [2.24, 2.45) is 0 Å². The van der Waals surface area contributed by atoms with Gasteiger partial charge in [-0.3, -0.25) is 0 Å². The first-order chi connectivity index (χ1) is 6.16. The molecule has 0 aliphatic rings.